The molecule has 1 N–H and O–H groups in total. The molecule has 38 heavy (non-hydrogen) atoms. The minimum absolute atomic E-state index is 0.244. The summed E-state index contributed by atoms with van der Waals surface area (Å²) in [6, 6.07) is 12.4. The number of carbonyl (C=O) groups is 2. The number of hydrogen-bond acceptors (Lipinski definition) is 6. The van der Waals surface area contributed by atoms with Gasteiger partial charge in [-0.3, -0.25) is 9.59 Å². The topological polar surface area (TPSA) is 110 Å². The van der Waals surface area contributed by atoms with Crippen molar-refractivity contribution in [2.75, 3.05) is 19.0 Å². The molecule has 0 radical (unpaired) electrons. The molecule has 1 amide bonds. The lowest BCUT2D eigenvalue weighted by molar-refractivity contribution is -0.182. The molecule has 0 aliphatic carbocycles. The summed E-state index contributed by atoms with van der Waals surface area (Å²) in [6.07, 6.45) is -1.48. The molecule has 11 heteroatoms. The van der Waals surface area contributed by atoms with E-state index in [1.54, 1.807) is 48.5 Å². The number of sulfone groups is 1. The predicted octanol–water partition coefficient (Wildman–Crippen LogP) is 4.85. The molecule has 2 aromatic carbocycles. The minimum Gasteiger partial charge on any atom is -0.481 e. The molecule has 0 spiro atoms. The Labute approximate surface area is 232 Å². The van der Waals surface area contributed by atoms with Crippen LogP contribution in [0.25, 0.3) is 0 Å². The van der Waals surface area contributed by atoms with E-state index in [0.29, 0.717) is 53.6 Å². The van der Waals surface area contributed by atoms with Crippen molar-refractivity contribution in [3.8, 4) is 0 Å². The summed E-state index contributed by atoms with van der Waals surface area (Å²) < 4.78 is 38.5. The van der Waals surface area contributed by atoms with E-state index in [9.17, 15) is 23.1 Å². The summed E-state index contributed by atoms with van der Waals surface area (Å²) in [7, 11) is -3.58. The Morgan fingerprint density at radius 3 is 2.37 bits per heavy atom. The van der Waals surface area contributed by atoms with Crippen LogP contribution in [0.15, 0.2) is 48.5 Å². The SMILES string of the molecule is CCC(CS(=O)(=O)C1CCOCC1)N1C(=O)[C@@H](CC(=O)O)O[C@H](c2cccc(Cl)c2)[C@H]1c1ccc(Cl)cc1. The number of halogens is 2. The van der Waals surface area contributed by atoms with Gasteiger partial charge in [-0.25, -0.2) is 8.42 Å². The van der Waals surface area contributed by atoms with Crippen molar-refractivity contribution in [3.63, 3.8) is 0 Å². The number of amides is 1. The third-order valence-corrected chi connectivity index (χ3v) is 9.97. The normalized spacial score (nSPS) is 23.8. The van der Waals surface area contributed by atoms with Crippen LogP contribution < -0.4 is 0 Å². The zero-order chi connectivity index (χ0) is 27.4. The van der Waals surface area contributed by atoms with Crippen LogP contribution in [-0.2, 0) is 28.9 Å². The molecule has 2 aliphatic rings. The Kier molecular flexibility index (Phi) is 9.36. The molecule has 0 saturated carbocycles. The average molecular weight is 585 g/mol. The Bertz CT molecular complexity index is 1250. The second-order valence-corrected chi connectivity index (χ2v) is 12.8. The molecule has 4 atom stereocenters. The molecule has 4 rings (SSSR count). The molecule has 0 bridgehead atoms. The highest BCUT2D eigenvalue weighted by atomic mass is 35.5. The highest BCUT2D eigenvalue weighted by Gasteiger charge is 2.48. The minimum atomic E-state index is -3.58. The fraction of sp³-hybridized carbons (Fsp3) is 0.481. The van der Waals surface area contributed by atoms with Gasteiger partial charge < -0.3 is 19.5 Å². The molecule has 1 unspecified atom stereocenters. The van der Waals surface area contributed by atoms with Crippen LogP contribution in [0.4, 0.5) is 0 Å². The summed E-state index contributed by atoms with van der Waals surface area (Å²) in [5.41, 5.74) is 1.33. The van der Waals surface area contributed by atoms with E-state index in [1.165, 1.54) is 4.90 Å². The number of carboxylic acid groups (broad SMARTS) is 1. The Hall–Kier alpha value is -2.17. The van der Waals surface area contributed by atoms with Gasteiger partial charge >= 0.3 is 5.97 Å². The van der Waals surface area contributed by atoms with E-state index in [4.69, 9.17) is 32.7 Å². The maximum absolute atomic E-state index is 13.9. The molecule has 8 nitrogen and oxygen atoms in total. The number of aliphatic carboxylic acids is 1. The number of nitrogens with zero attached hydrogens (tertiary/aromatic N) is 1. The smallest absolute Gasteiger partial charge is 0.306 e. The van der Waals surface area contributed by atoms with E-state index in [0.717, 1.165) is 0 Å². The predicted molar refractivity (Wildman–Crippen MR) is 144 cm³/mol. The highest BCUT2D eigenvalue weighted by molar-refractivity contribution is 7.92. The maximum atomic E-state index is 13.9. The molecule has 2 heterocycles. The molecular formula is C27H31Cl2NO7S. The van der Waals surface area contributed by atoms with Gasteiger partial charge in [0.25, 0.3) is 5.91 Å². The van der Waals surface area contributed by atoms with Crippen LogP contribution in [0.5, 0.6) is 0 Å². The second kappa shape index (κ2) is 12.3. The molecular weight excluding hydrogens is 553 g/mol. The van der Waals surface area contributed by atoms with E-state index in [-0.39, 0.29) is 5.75 Å². The molecule has 2 aliphatic heterocycles. The first-order valence-electron chi connectivity index (χ1n) is 12.6. The zero-order valence-corrected chi connectivity index (χ0v) is 23.3. The van der Waals surface area contributed by atoms with Crippen LogP contribution in [0.2, 0.25) is 10.0 Å². The molecule has 0 aromatic heterocycles. The van der Waals surface area contributed by atoms with Gasteiger partial charge in [0.05, 0.1) is 23.5 Å². The van der Waals surface area contributed by atoms with E-state index in [2.05, 4.69) is 0 Å². The Morgan fingerprint density at radius 2 is 1.76 bits per heavy atom. The van der Waals surface area contributed by atoms with Crippen molar-refractivity contribution >= 4 is 44.9 Å². The van der Waals surface area contributed by atoms with Gasteiger partial charge in [-0.05, 0) is 54.7 Å². The fourth-order valence-electron chi connectivity index (χ4n) is 5.23. The van der Waals surface area contributed by atoms with E-state index < -0.39 is 57.7 Å². The van der Waals surface area contributed by atoms with E-state index in [1.807, 2.05) is 6.92 Å². The van der Waals surface area contributed by atoms with Gasteiger partial charge in [0.1, 0.15) is 12.2 Å². The molecule has 2 aromatic rings. The summed E-state index contributed by atoms with van der Waals surface area (Å²) in [6.45, 7) is 2.58. The van der Waals surface area contributed by atoms with Gasteiger partial charge in [0, 0.05) is 29.3 Å². The van der Waals surface area contributed by atoms with E-state index >= 15 is 0 Å². The standard InChI is InChI=1S/C27H31Cl2NO7S/c1-2-21(16-38(34,35)22-10-12-36-13-11-22)30-25(17-6-8-19(28)9-7-17)26(18-4-3-5-20(29)14-18)37-23(27(30)33)15-24(31)32/h3-9,14,21-23,25-26H,2,10-13,15-16H2,1H3,(H,31,32)/t21?,23-,25-,26-/m1/s1. The Morgan fingerprint density at radius 1 is 1.08 bits per heavy atom. The molecule has 2 fully saturated rings. The molecule has 206 valence electrons. The van der Waals surface area contributed by atoms with Gasteiger partial charge in [-0.1, -0.05) is 54.4 Å². The summed E-state index contributed by atoms with van der Waals surface area (Å²) >= 11 is 12.4. The van der Waals surface area contributed by atoms with Crippen LogP contribution in [-0.4, -0.2) is 66.7 Å². The first-order chi connectivity index (χ1) is 18.1. The van der Waals surface area contributed by atoms with Crippen molar-refractivity contribution in [1.82, 2.24) is 4.90 Å². The number of carboxylic acids is 1. The van der Waals surface area contributed by atoms with Crippen molar-refractivity contribution < 1.29 is 32.6 Å². The van der Waals surface area contributed by atoms with Crippen LogP contribution in [0, 0.1) is 0 Å². The van der Waals surface area contributed by atoms with Crippen molar-refractivity contribution in [3.05, 3.63) is 69.7 Å². The first-order valence-corrected chi connectivity index (χ1v) is 15.1. The van der Waals surface area contributed by atoms with Gasteiger partial charge in [-0.15, -0.1) is 0 Å². The number of benzene rings is 2. The van der Waals surface area contributed by atoms with Gasteiger partial charge in [-0.2, -0.15) is 0 Å². The van der Waals surface area contributed by atoms with Crippen molar-refractivity contribution in [2.24, 2.45) is 0 Å². The van der Waals surface area contributed by atoms with Crippen molar-refractivity contribution in [2.45, 2.75) is 62.1 Å². The lowest BCUT2D eigenvalue weighted by Crippen LogP contribution is -2.57. The third-order valence-electron chi connectivity index (χ3n) is 7.14. The Balaban J connectivity index is 1.81. The average Bonchev–Trinajstić information content (AvgIpc) is 2.89. The monoisotopic (exact) mass is 583 g/mol. The number of morpholine rings is 1. The van der Waals surface area contributed by atoms with Crippen molar-refractivity contribution in [1.29, 1.82) is 0 Å². The number of rotatable bonds is 9. The molecule has 2 saturated heterocycles. The third kappa shape index (κ3) is 6.51. The maximum Gasteiger partial charge on any atom is 0.306 e. The summed E-state index contributed by atoms with van der Waals surface area (Å²) in [5.74, 6) is -1.99. The quantitative estimate of drug-likeness (QED) is 0.449. The lowest BCUT2D eigenvalue weighted by Gasteiger charge is -2.48. The first kappa shape index (κ1) is 28.8. The highest BCUT2D eigenvalue weighted by Crippen LogP contribution is 2.45. The second-order valence-electron chi connectivity index (χ2n) is 9.64. The fourth-order valence-corrected chi connectivity index (χ4v) is 7.67. The van der Waals surface area contributed by atoms with Crippen LogP contribution in [0.1, 0.15) is 55.9 Å². The van der Waals surface area contributed by atoms with Crippen LogP contribution >= 0.6 is 23.2 Å². The van der Waals surface area contributed by atoms with Gasteiger partial charge in [0.15, 0.2) is 9.84 Å². The largest absolute Gasteiger partial charge is 0.481 e. The lowest BCUT2D eigenvalue weighted by atomic mass is 9.89. The zero-order valence-electron chi connectivity index (χ0n) is 21.0. The summed E-state index contributed by atoms with van der Waals surface area (Å²) in [4.78, 5) is 27.1. The number of ether oxygens (including phenoxy) is 2. The van der Waals surface area contributed by atoms with Crippen LogP contribution in [0.3, 0.4) is 0 Å². The number of hydrogen-bond donors (Lipinski definition) is 1. The van der Waals surface area contributed by atoms with Gasteiger partial charge in [0.2, 0.25) is 0 Å². The summed E-state index contributed by atoms with van der Waals surface area (Å²) in [5, 5.41) is 9.95. The number of carbonyl (C=O) groups excluding carboxylic acids is 1.